The molecule has 0 radical (unpaired) electrons. The fourth-order valence-corrected chi connectivity index (χ4v) is 3.85. The second kappa shape index (κ2) is 9.40. The molecular weight excluding hydrogens is 418 g/mol. The van der Waals surface area contributed by atoms with Crippen molar-refractivity contribution in [1.29, 1.82) is 0 Å². The molecule has 2 aromatic heterocycles. The number of hydrogen-bond acceptors (Lipinski definition) is 6. The third-order valence-electron chi connectivity index (χ3n) is 6.18. The number of carbonyl (C=O) groups is 2. The minimum atomic E-state index is -0.350. The Morgan fingerprint density at radius 1 is 1.06 bits per heavy atom. The molecule has 9 nitrogen and oxygen atoms in total. The number of nitrogens with one attached hydrogen (secondary N) is 2. The standard InChI is InChI=1S/C24H29N7O2/c1-15-5-6-20(9-16(15)2)30-12-19(10-23(30)32)24(33)26-8-7-25-21-11-22(28-13-27-21)31-14-29-17(3)18(31)4/h5-6,9,11,13-14,19H,7-8,10,12H2,1-4H3,(H,26,33)(H,25,27,28). The zero-order valence-electron chi connectivity index (χ0n) is 19.4. The normalized spacial score (nSPS) is 15.7. The van der Waals surface area contributed by atoms with Crippen LogP contribution in [0.5, 0.6) is 0 Å². The molecule has 1 aromatic carbocycles. The van der Waals surface area contributed by atoms with Crippen LogP contribution in [0.2, 0.25) is 0 Å². The predicted molar refractivity (Wildman–Crippen MR) is 127 cm³/mol. The molecule has 1 unspecified atom stereocenters. The van der Waals surface area contributed by atoms with Crippen molar-refractivity contribution in [2.24, 2.45) is 5.92 Å². The molecular formula is C24H29N7O2. The number of rotatable bonds is 7. The van der Waals surface area contributed by atoms with Crippen molar-refractivity contribution in [3.05, 3.63) is 59.4 Å². The highest BCUT2D eigenvalue weighted by Gasteiger charge is 2.35. The summed E-state index contributed by atoms with van der Waals surface area (Å²) in [6.45, 7) is 9.34. The van der Waals surface area contributed by atoms with E-state index in [4.69, 9.17) is 0 Å². The molecule has 0 bridgehead atoms. The van der Waals surface area contributed by atoms with Crippen LogP contribution in [-0.2, 0) is 9.59 Å². The molecule has 1 fully saturated rings. The summed E-state index contributed by atoms with van der Waals surface area (Å²) in [4.78, 5) is 39.7. The van der Waals surface area contributed by atoms with E-state index in [0.717, 1.165) is 28.5 Å². The largest absolute Gasteiger partial charge is 0.368 e. The summed E-state index contributed by atoms with van der Waals surface area (Å²) in [6.07, 6.45) is 3.46. The Balaban J connectivity index is 1.28. The molecule has 0 saturated carbocycles. The van der Waals surface area contributed by atoms with Gasteiger partial charge in [0.25, 0.3) is 0 Å². The molecule has 2 amide bonds. The van der Waals surface area contributed by atoms with Crippen LogP contribution < -0.4 is 15.5 Å². The van der Waals surface area contributed by atoms with Crippen molar-refractivity contribution in [3.8, 4) is 5.82 Å². The van der Waals surface area contributed by atoms with Crippen molar-refractivity contribution >= 4 is 23.3 Å². The summed E-state index contributed by atoms with van der Waals surface area (Å²) >= 11 is 0. The number of aryl methyl sites for hydroxylation is 3. The number of benzene rings is 1. The molecule has 172 valence electrons. The number of hydrogen-bond donors (Lipinski definition) is 2. The number of nitrogens with zero attached hydrogens (tertiary/aromatic N) is 5. The fourth-order valence-electron chi connectivity index (χ4n) is 3.85. The summed E-state index contributed by atoms with van der Waals surface area (Å²) in [7, 11) is 0. The van der Waals surface area contributed by atoms with Gasteiger partial charge in [-0.05, 0) is 51.0 Å². The van der Waals surface area contributed by atoms with Crippen LogP contribution in [0.3, 0.4) is 0 Å². The minimum absolute atomic E-state index is 0.0184. The van der Waals surface area contributed by atoms with E-state index in [0.29, 0.717) is 25.5 Å². The Kier molecular flexibility index (Phi) is 6.39. The lowest BCUT2D eigenvalue weighted by atomic mass is 10.1. The van der Waals surface area contributed by atoms with Gasteiger partial charge >= 0.3 is 0 Å². The molecule has 0 spiro atoms. The lowest BCUT2D eigenvalue weighted by Gasteiger charge is -2.18. The summed E-state index contributed by atoms with van der Waals surface area (Å²) in [5.74, 6) is 0.916. The molecule has 9 heteroatoms. The van der Waals surface area contributed by atoms with Crippen LogP contribution >= 0.6 is 0 Å². The van der Waals surface area contributed by atoms with Crippen LogP contribution in [0.25, 0.3) is 5.82 Å². The van der Waals surface area contributed by atoms with Crippen molar-refractivity contribution in [2.45, 2.75) is 34.1 Å². The van der Waals surface area contributed by atoms with Gasteiger partial charge in [-0.2, -0.15) is 0 Å². The van der Waals surface area contributed by atoms with Gasteiger partial charge in [-0.15, -0.1) is 0 Å². The smallest absolute Gasteiger partial charge is 0.227 e. The number of imidazole rings is 1. The third kappa shape index (κ3) is 4.87. The average molecular weight is 448 g/mol. The average Bonchev–Trinajstić information content (AvgIpc) is 3.35. The van der Waals surface area contributed by atoms with Gasteiger partial charge in [-0.1, -0.05) is 6.07 Å². The monoisotopic (exact) mass is 447 g/mol. The Morgan fingerprint density at radius 2 is 1.88 bits per heavy atom. The molecule has 1 saturated heterocycles. The topological polar surface area (TPSA) is 105 Å². The van der Waals surface area contributed by atoms with E-state index < -0.39 is 0 Å². The molecule has 1 aliphatic rings. The van der Waals surface area contributed by atoms with Gasteiger partial charge in [-0.3, -0.25) is 14.2 Å². The van der Waals surface area contributed by atoms with Gasteiger partial charge in [0.2, 0.25) is 11.8 Å². The summed E-state index contributed by atoms with van der Waals surface area (Å²) in [5.41, 5.74) is 5.13. The number of amides is 2. The second-order valence-corrected chi connectivity index (χ2v) is 8.44. The summed E-state index contributed by atoms with van der Waals surface area (Å²) in [6, 6.07) is 7.78. The number of carbonyl (C=O) groups excluding carboxylic acids is 2. The maximum atomic E-state index is 12.6. The van der Waals surface area contributed by atoms with Crippen LogP contribution in [0, 0.1) is 33.6 Å². The molecule has 3 heterocycles. The van der Waals surface area contributed by atoms with E-state index in [1.165, 1.54) is 11.9 Å². The van der Waals surface area contributed by atoms with Crippen molar-refractivity contribution in [3.63, 3.8) is 0 Å². The first-order valence-corrected chi connectivity index (χ1v) is 11.1. The van der Waals surface area contributed by atoms with Gasteiger partial charge in [-0.25, -0.2) is 15.0 Å². The van der Waals surface area contributed by atoms with Gasteiger partial charge in [0.1, 0.15) is 24.3 Å². The third-order valence-corrected chi connectivity index (χ3v) is 6.18. The SMILES string of the molecule is Cc1ccc(N2CC(C(=O)NCCNc3cc(-n4cnc(C)c4C)ncn3)CC2=O)cc1C. The Hall–Kier alpha value is -3.75. The molecule has 33 heavy (non-hydrogen) atoms. The van der Waals surface area contributed by atoms with Crippen LogP contribution in [0.1, 0.15) is 28.9 Å². The molecule has 4 rings (SSSR count). The fraction of sp³-hybridized carbons (Fsp3) is 0.375. The lowest BCUT2D eigenvalue weighted by Crippen LogP contribution is -2.35. The molecule has 0 aliphatic carbocycles. The quantitative estimate of drug-likeness (QED) is 0.539. The van der Waals surface area contributed by atoms with Gasteiger partial charge in [0.05, 0.1) is 11.6 Å². The molecule has 1 aliphatic heterocycles. The first-order chi connectivity index (χ1) is 15.8. The van der Waals surface area contributed by atoms with E-state index >= 15 is 0 Å². The first kappa shape index (κ1) is 22.4. The predicted octanol–water partition coefficient (Wildman–Crippen LogP) is 2.48. The van der Waals surface area contributed by atoms with E-state index in [2.05, 4.69) is 25.6 Å². The minimum Gasteiger partial charge on any atom is -0.368 e. The highest BCUT2D eigenvalue weighted by atomic mass is 16.2. The summed E-state index contributed by atoms with van der Waals surface area (Å²) < 4.78 is 1.91. The highest BCUT2D eigenvalue weighted by Crippen LogP contribution is 2.27. The van der Waals surface area contributed by atoms with Gasteiger partial charge < -0.3 is 15.5 Å². The number of anilines is 2. The first-order valence-electron chi connectivity index (χ1n) is 11.1. The summed E-state index contributed by atoms with van der Waals surface area (Å²) in [5, 5.41) is 6.13. The maximum Gasteiger partial charge on any atom is 0.227 e. The molecule has 1 atom stereocenters. The van der Waals surface area contributed by atoms with Crippen LogP contribution in [0.15, 0.2) is 36.9 Å². The molecule has 3 aromatic rings. The Labute approximate surface area is 193 Å². The van der Waals surface area contributed by atoms with E-state index in [-0.39, 0.29) is 24.2 Å². The molecule has 2 N–H and O–H groups in total. The number of aromatic nitrogens is 4. The van der Waals surface area contributed by atoms with Gasteiger partial charge in [0, 0.05) is 43.5 Å². The van der Waals surface area contributed by atoms with E-state index in [9.17, 15) is 9.59 Å². The van der Waals surface area contributed by atoms with Gasteiger partial charge in [0.15, 0.2) is 0 Å². The maximum absolute atomic E-state index is 12.6. The zero-order valence-corrected chi connectivity index (χ0v) is 19.4. The lowest BCUT2D eigenvalue weighted by molar-refractivity contribution is -0.126. The van der Waals surface area contributed by atoms with Crippen LogP contribution in [0.4, 0.5) is 11.5 Å². The second-order valence-electron chi connectivity index (χ2n) is 8.44. The highest BCUT2D eigenvalue weighted by molar-refractivity contribution is 6.00. The van der Waals surface area contributed by atoms with Crippen molar-refractivity contribution < 1.29 is 9.59 Å². The Morgan fingerprint density at radius 3 is 2.61 bits per heavy atom. The zero-order chi connectivity index (χ0) is 23.5. The van der Waals surface area contributed by atoms with Crippen molar-refractivity contribution in [1.82, 2.24) is 24.8 Å². The van der Waals surface area contributed by atoms with Crippen molar-refractivity contribution in [2.75, 3.05) is 29.9 Å². The van der Waals surface area contributed by atoms with Crippen LogP contribution in [-0.4, -0.2) is 51.0 Å². The Bertz CT molecular complexity index is 1190. The van der Waals surface area contributed by atoms with E-state index in [1.54, 1.807) is 11.2 Å². The van der Waals surface area contributed by atoms with E-state index in [1.807, 2.05) is 56.5 Å².